The van der Waals surface area contributed by atoms with Gasteiger partial charge in [-0.2, -0.15) is 0 Å². The van der Waals surface area contributed by atoms with Gasteiger partial charge in [0, 0.05) is 19.1 Å². The van der Waals surface area contributed by atoms with E-state index in [0.29, 0.717) is 5.75 Å². The normalized spacial score (nSPS) is 19.7. The minimum atomic E-state index is -0.522. The van der Waals surface area contributed by atoms with Crippen LogP contribution in [0.1, 0.15) is 31.7 Å². The molecule has 1 N–H and O–H groups in total. The summed E-state index contributed by atoms with van der Waals surface area (Å²) in [6.45, 7) is 3.46. The highest BCUT2D eigenvalue weighted by atomic mass is 16.5. The van der Waals surface area contributed by atoms with Crippen molar-refractivity contribution in [1.29, 1.82) is 0 Å². The maximum Gasteiger partial charge on any atom is 0.263 e. The molecule has 2 atom stereocenters. The molecule has 0 saturated carbocycles. The minimum Gasteiger partial charge on any atom is -0.481 e. The van der Waals surface area contributed by atoms with E-state index in [1.807, 2.05) is 37.2 Å². The quantitative estimate of drug-likeness (QED) is 0.870. The van der Waals surface area contributed by atoms with Gasteiger partial charge in [-0.05, 0) is 58.0 Å². The van der Waals surface area contributed by atoms with Crippen molar-refractivity contribution in [1.82, 2.24) is 9.80 Å². The number of benzene rings is 1. The predicted octanol–water partition coefficient (Wildman–Crippen LogP) is 1.89. The van der Waals surface area contributed by atoms with Crippen LogP contribution in [0.25, 0.3) is 0 Å². The van der Waals surface area contributed by atoms with Crippen LogP contribution < -0.4 is 4.74 Å². The van der Waals surface area contributed by atoms with Gasteiger partial charge in [-0.3, -0.25) is 4.79 Å². The summed E-state index contributed by atoms with van der Waals surface area (Å²) in [5.41, 5.74) is 0.783. The molecule has 1 aliphatic heterocycles. The minimum absolute atomic E-state index is 0.0312. The number of carbonyl (C=O) groups is 1. The number of likely N-dealkylation sites (N-methyl/N-ethyl adjacent to an activating group) is 1. The number of rotatable bonds is 6. The van der Waals surface area contributed by atoms with Gasteiger partial charge in [-0.25, -0.2) is 0 Å². The van der Waals surface area contributed by atoms with Gasteiger partial charge >= 0.3 is 0 Å². The maximum absolute atomic E-state index is 12.8. The standard InChI is InChI=1S/C18H28N2O3/c1-14(23-17-9-6-7-15(11-17)13-21)18(22)20-10-5-4-8-16(20)12-19(2)3/h6-7,9,11,14,16,21H,4-5,8,10,12-13H2,1-3H3. The summed E-state index contributed by atoms with van der Waals surface area (Å²) in [5, 5.41) is 9.19. The number of likely N-dealkylation sites (tertiary alicyclic amines) is 1. The molecule has 0 aliphatic carbocycles. The number of aliphatic hydroxyl groups excluding tert-OH is 1. The van der Waals surface area contributed by atoms with Crippen LogP contribution in [0.4, 0.5) is 0 Å². The Bertz CT molecular complexity index is 519. The molecule has 0 spiro atoms. The van der Waals surface area contributed by atoms with E-state index < -0.39 is 6.10 Å². The van der Waals surface area contributed by atoms with Gasteiger partial charge in [0.15, 0.2) is 6.10 Å². The van der Waals surface area contributed by atoms with E-state index in [1.54, 1.807) is 13.0 Å². The molecule has 1 saturated heterocycles. The summed E-state index contributed by atoms with van der Waals surface area (Å²) >= 11 is 0. The Hall–Kier alpha value is -1.59. The van der Waals surface area contributed by atoms with E-state index >= 15 is 0 Å². The largest absolute Gasteiger partial charge is 0.481 e. The fourth-order valence-corrected chi connectivity index (χ4v) is 3.11. The molecular weight excluding hydrogens is 292 g/mol. The van der Waals surface area contributed by atoms with Crippen LogP contribution in [0.2, 0.25) is 0 Å². The SMILES string of the molecule is CC(Oc1cccc(CO)c1)C(=O)N1CCCCC1CN(C)C. The van der Waals surface area contributed by atoms with Crippen molar-refractivity contribution in [2.75, 3.05) is 27.2 Å². The first-order chi connectivity index (χ1) is 11.0. The van der Waals surface area contributed by atoms with E-state index in [2.05, 4.69) is 4.90 Å². The molecule has 5 heteroatoms. The van der Waals surface area contributed by atoms with Crippen LogP contribution >= 0.6 is 0 Å². The molecule has 1 aromatic rings. The van der Waals surface area contributed by atoms with E-state index in [-0.39, 0.29) is 18.6 Å². The van der Waals surface area contributed by atoms with Crippen LogP contribution in [0.3, 0.4) is 0 Å². The topological polar surface area (TPSA) is 53.0 Å². The molecule has 1 amide bonds. The molecule has 0 radical (unpaired) electrons. The van der Waals surface area contributed by atoms with Crippen molar-refractivity contribution in [3.8, 4) is 5.75 Å². The third kappa shape index (κ3) is 4.94. The van der Waals surface area contributed by atoms with Gasteiger partial charge in [0.1, 0.15) is 5.75 Å². The lowest BCUT2D eigenvalue weighted by atomic mass is 10.0. The van der Waals surface area contributed by atoms with Crippen molar-refractivity contribution in [3.05, 3.63) is 29.8 Å². The van der Waals surface area contributed by atoms with Gasteiger partial charge in [-0.1, -0.05) is 12.1 Å². The summed E-state index contributed by atoms with van der Waals surface area (Å²) in [4.78, 5) is 16.9. The van der Waals surface area contributed by atoms with Crippen LogP contribution in [-0.4, -0.2) is 60.1 Å². The number of carbonyl (C=O) groups excluding carboxylic acids is 1. The molecule has 0 bridgehead atoms. The van der Waals surface area contributed by atoms with Crippen LogP contribution in [-0.2, 0) is 11.4 Å². The van der Waals surface area contributed by atoms with Gasteiger partial charge in [0.25, 0.3) is 5.91 Å². The molecule has 23 heavy (non-hydrogen) atoms. The molecule has 5 nitrogen and oxygen atoms in total. The number of piperidine rings is 1. The molecule has 1 heterocycles. The van der Waals surface area contributed by atoms with Crippen LogP contribution in [0.5, 0.6) is 5.75 Å². The molecule has 1 aromatic carbocycles. The summed E-state index contributed by atoms with van der Waals surface area (Å²) < 4.78 is 5.81. The Labute approximate surface area is 138 Å². The predicted molar refractivity (Wildman–Crippen MR) is 90.4 cm³/mol. The van der Waals surface area contributed by atoms with Gasteiger partial charge < -0.3 is 19.6 Å². The first kappa shape index (κ1) is 17.8. The maximum atomic E-state index is 12.8. The third-order valence-electron chi connectivity index (χ3n) is 4.23. The van der Waals surface area contributed by atoms with Gasteiger partial charge in [0.05, 0.1) is 6.61 Å². The molecule has 1 aliphatic rings. The number of nitrogens with zero attached hydrogens (tertiary/aromatic N) is 2. The van der Waals surface area contributed by atoms with Gasteiger partial charge in [0.2, 0.25) is 0 Å². The van der Waals surface area contributed by atoms with Crippen LogP contribution in [0, 0.1) is 0 Å². The Balaban J connectivity index is 2.01. The summed E-state index contributed by atoms with van der Waals surface area (Å²) in [6.07, 6.45) is 2.77. The molecule has 1 fully saturated rings. The third-order valence-corrected chi connectivity index (χ3v) is 4.23. The van der Waals surface area contributed by atoms with Crippen molar-refractivity contribution >= 4 is 5.91 Å². The van der Waals surface area contributed by atoms with Crippen LogP contribution in [0.15, 0.2) is 24.3 Å². The monoisotopic (exact) mass is 320 g/mol. The smallest absolute Gasteiger partial charge is 0.263 e. The lowest BCUT2D eigenvalue weighted by Gasteiger charge is -2.38. The number of amides is 1. The molecule has 128 valence electrons. The molecule has 2 unspecified atom stereocenters. The first-order valence-corrected chi connectivity index (χ1v) is 8.33. The summed E-state index contributed by atoms with van der Waals surface area (Å²) in [6, 6.07) is 7.51. The first-order valence-electron chi connectivity index (χ1n) is 8.33. The van der Waals surface area contributed by atoms with Crippen molar-refractivity contribution in [2.24, 2.45) is 0 Å². The average Bonchev–Trinajstić information content (AvgIpc) is 2.54. The highest BCUT2D eigenvalue weighted by Gasteiger charge is 2.30. The number of hydrogen-bond donors (Lipinski definition) is 1. The Morgan fingerprint density at radius 1 is 1.43 bits per heavy atom. The number of ether oxygens (including phenoxy) is 1. The zero-order valence-electron chi connectivity index (χ0n) is 14.4. The molecule has 0 aromatic heterocycles. The highest BCUT2D eigenvalue weighted by Crippen LogP contribution is 2.21. The summed E-state index contributed by atoms with van der Waals surface area (Å²) in [7, 11) is 4.08. The van der Waals surface area contributed by atoms with Crippen molar-refractivity contribution in [3.63, 3.8) is 0 Å². The van der Waals surface area contributed by atoms with Crippen molar-refractivity contribution in [2.45, 2.75) is 44.9 Å². The zero-order valence-corrected chi connectivity index (χ0v) is 14.4. The van der Waals surface area contributed by atoms with E-state index in [4.69, 9.17) is 4.74 Å². The molecular formula is C18H28N2O3. The second kappa shape index (κ2) is 8.31. The fourth-order valence-electron chi connectivity index (χ4n) is 3.11. The Morgan fingerprint density at radius 3 is 2.91 bits per heavy atom. The van der Waals surface area contributed by atoms with E-state index in [9.17, 15) is 9.90 Å². The van der Waals surface area contributed by atoms with Crippen molar-refractivity contribution < 1.29 is 14.6 Å². The van der Waals surface area contributed by atoms with E-state index in [1.165, 1.54) is 6.42 Å². The highest BCUT2D eigenvalue weighted by molar-refractivity contribution is 5.81. The lowest BCUT2D eigenvalue weighted by molar-refractivity contribution is -0.142. The fraction of sp³-hybridized carbons (Fsp3) is 0.611. The summed E-state index contributed by atoms with van der Waals surface area (Å²) in [5.74, 6) is 0.671. The Morgan fingerprint density at radius 2 is 2.22 bits per heavy atom. The second-order valence-electron chi connectivity index (χ2n) is 6.51. The lowest BCUT2D eigenvalue weighted by Crippen LogP contribution is -2.52. The Kier molecular flexibility index (Phi) is 6.42. The number of hydrogen-bond acceptors (Lipinski definition) is 4. The average molecular weight is 320 g/mol. The molecule has 2 rings (SSSR count). The van der Waals surface area contributed by atoms with Gasteiger partial charge in [-0.15, -0.1) is 0 Å². The van der Waals surface area contributed by atoms with E-state index in [0.717, 1.165) is 31.5 Å². The second-order valence-corrected chi connectivity index (χ2v) is 6.51. The number of aliphatic hydroxyl groups is 1. The zero-order chi connectivity index (χ0) is 16.8.